The summed E-state index contributed by atoms with van der Waals surface area (Å²) in [5.41, 5.74) is 10.6. The number of carbonyl (C=O) groups excluding carboxylic acids is 2. The van der Waals surface area contributed by atoms with E-state index in [2.05, 4.69) is 5.32 Å². The fraction of sp³-hybridized carbons (Fsp3) is 0.333. The zero-order valence-electron chi connectivity index (χ0n) is 10.3. The topological polar surface area (TPSA) is 98.2 Å². The number of halogens is 1. The molecule has 0 saturated carbocycles. The van der Waals surface area contributed by atoms with Gasteiger partial charge in [0.05, 0.1) is 16.0 Å². The summed E-state index contributed by atoms with van der Waals surface area (Å²) in [7, 11) is 0. The van der Waals surface area contributed by atoms with Crippen LogP contribution in [0.5, 0.6) is 0 Å². The van der Waals surface area contributed by atoms with Crippen molar-refractivity contribution in [1.29, 1.82) is 0 Å². The number of benzene rings is 1. The van der Waals surface area contributed by atoms with Gasteiger partial charge in [0.15, 0.2) is 0 Å². The second kappa shape index (κ2) is 5.27. The number of anilines is 1. The maximum Gasteiger partial charge on any atom is 0.254 e. The van der Waals surface area contributed by atoms with Gasteiger partial charge in [-0.25, -0.2) is 0 Å². The Bertz CT molecular complexity index is 466. The first-order valence-corrected chi connectivity index (χ1v) is 5.75. The molecule has 0 atom stereocenters. The van der Waals surface area contributed by atoms with E-state index in [1.807, 2.05) is 0 Å². The van der Waals surface area contributed by atoms with Crippen molar-refractivity contribution in [3.05, 3.63) is 28.8 Å². The summed E-state index contributed by atoms with van der Waals surface area (Å²) in [4.78, 5) is 23.1. The van der Waals surface area contributed by atoms with Gasteiger partial charge < -0.3 is 16.8 Å². The quantitative estimate of drug-likeness (QED) is 0.716. The molecular weight excluding hydrogens is 254 g/mol. The first kappa shape index (κ1) is 14.3. The van der Waals surface area contributed by atoms with Crippen molar-refractivity contribution < 1.29 is 9.59 Å². The van der Waals surface area contributed by atoms with Gasteiger partial charge in [0.2, 0.25) is 5.91 Å². The Labute approximate surface area is 110 Å². The number of amides is 2. The molecule has 5 nitrogen and oxygen atoms in total. The summed E-state index contributed by atoms with van der Waals surface area (Å²) in [6.45, 7) is 3.41. The molecule has 0 heterocycles. The molecule has 6 heteroatoms. The SMILES string of the molecule is CC(C)(CNC(=O)c1c(N)cccc1Cl)C(N)=O. The average Bonchev–Trinajstić information content (AvgIpc) is 2.26. The fourth-order valence-electron chi connectivity index (χ4n) is 1.26. The highest BCUT2D eigenvalue weighted by atomic mass is 35.5. The highest BCUT2D eigenvalue weighted by molar-refractivity contribution is 6.34. The van der Waals surface area contributed by atoms with E-state index in [4.69, 9.17) is 23.1 Å². The number of nitrogens with one attached hydrogen (secondary N) is 1. The number of primary amides is 1. The van der Waals surface area contributed by atoms with E-state index in [1.54, 1.807) is 32.0 Å². The summed E-state index contributed by atoms with van der Waals surface area (Å²) < 4.78 is 0. The number of hydrogen-bond acceptors (Lipinski definition) is 3. The average molecular weight is 270 g/mol. The highest BCUT2D eigenvalue weighted by Gasteiger charge is 2.26. The predicted molar refractivity (Wildman–Crippen MR) is 71.2 cm³/mol. The lowest BCUT2D eigenvalue weighted by atomic mass is 9.92. The largest absolute Gasteiger partial charge is 0.398 e. The molecule has 0 aliphatic carbocycles. The van der Waals surface area contributed by atoms with Crippen LogP contribution in [-0.4, -0.2) is 18.4 Å². The van der Waals surface area contributed by atoms with Crippen molar-refractivity contribution in [2.24, 2.45) is 11.1 Å². The first-order valence-electron chi connectivity index (χ1n) is 5.38. The molecule has 0 aliphatic heterocycles. The molecule has 0 radical (unpaired) electrons. The molecular formula is C12H16ClN3O2. The monoisotopic (exact) mass is 269 g/mol. The predicted octanol–water partition coefficient (Wildman–Crippen LogP) is 1.16. The number of nitrogens with two attached hydrogens (primary N) is 2. The maximum atomic E-state index is 11.9. The molecule has 1 aromatic carbocycles. The Morgan fingerprint density at radius 1 is 1.39 bits per heavy atom. The van der Waals surface area contributed by atoms with Crippen molar-refractivity contribution in [3.8, 4) is 0 Å². The molecule has 1 rings (SSSR count). The molecule has 0 spiro atoms. The van der Waals surface area contributed by atoms with Crippen LogP contribution < -0.4 is 16.8 Å². The van der Waals surface area contributed by atoms with Gasteiger partial charge >= 0.3 is 0 Å². The Kier molecular flexibility index (Phi) is 4.19. The van der Waals surface area contributed by atoms with Crippen LogP contribution in [0.15, 0.2) is 18.2 Å². The van der Waals surface area contributed by atoms with Crippen LogP contribution in [0.4, 0.5) is 5.69 Å². The van der Waals surface area contributed by atoms with E-state index < -0.39 is 17.2 Å². The van der Waals surface area contributed by atoms with Crippen LogP contribution >= 0.6 is 11.6 Å². The summed E-state index contributed by atoms with van der Waals surface area (Å²) in [6, 6.07) is 4.81. The van der Waals surface area contributed by atoms with Crippen LogP contribution in [0.3, 0.4) is 0 Å². The maximum absolute atomic E-state index is 11.9. The molecule has 0 aromatic heterocycles. The van der Waals surface area contributed by atoms with Crippen molar-refractivity contribution >= 4 is 29.1 Å². The smallest absolute Gasteiger partial charge is 0.254 e. The molecule has 0 unspecified atom stereocenters. The van der Waals surface area contributed by atoms with E-state index in [9.17, 15) is 9.59 Å². The van der Waals surface area contributed by atoms with Gasteiger partial charge in [-0.1, -0.05) is 17.7 Å². The molecule has 1 aromatic rings. The molecule has 2 amide bonds. The van der Waals surface area contributed by atoms with Gasteiger partial charge in [-0.05, 0) is 26.0 Å². The Morgan fingerprint density at radius 2 is 2.00 bits per heavy atom. The van der Waals surface area contributed by atoms with Crippen LogP contribution in [0.25, 0.3) is 0 Å². The van der Waals surface area contributed by atoms with Gasteiger partial charge in [0.25, 0.3) is 5.91 Å². The third kappa shape index (κ3) is 3.13. The lowest BCUT2D eigenvalue weighted by molar-refractivity contribution is -0.125. The van der Waals surface area contributed by atoms with E-state index in [0.29, 0.717) is 0 Å². The number of hydrogen-bond donors (Lipinski definition) is 3. The third-order valence-corrected chi connectivity index (χ3v) is 2.95. The van der Waals surface area contributed by atoms with Gasteiger partial charge in [0.1, 0.15) is 0 Å². The Hall–Kier alpha value is -1.75. The van der Waals surface area contributed by atoms with Gasteiger partial charge in [-0.3, -0.25) is 9.59 Å². The highest BCUT2D eigenvalue weighted by Crippen LogP contribution is 2.22. The second-order valence-electron chi connectivity index (χ2n) is 4.63. The lowest BCUT2D eigenvalue weighted by Crippen LogP contribution is -2.42. The zero-order valence-corrected chi connectivity index (χ0v) is 11.0. The van der Waals surface area contributed by atoms with Crippen LogP contribution in [0.2, 0.25) is 5.02 Å². The van der Waals surface area contributed by atoms with Crippen molar-refractivity contribution in [2.75, 3.05) is 12.3 Å². The third-order valence-electron chi connectivity index (χ3n) is 2.63. The fourth-order valence-corrected chi connectivity index (χ4v) is 1.52. The van der Waals surface area contributed by atoms with Gasteiger partial charge in [-0.15, -0.1) is 0 Å². The normalized spacial score (nSPS) is 11.1. The van der Waals surface area contributed by atoms with E-state index in [0.717, 1.165) is 0 Å². The summed E-state index contributed by atoms with van der Waals surface area (Å²) in [5.74, 6) is -0.914. The standard InChI is InChI=1S/C12H16ClN3O2/c1-12(2,11(15)18)6-16-10(17)9-7(13)4-3-5-8(9)14/h3-5H,6,14H2,1-2H3,(H2,15,18)(H,16,17). The lowest BCUT2D eigenvalue weighted by Gasteiger charge is -2.21. The minimum atomic E-state index is -0.828. The van der Waals surface area contributed by atoms with Crippen molar-refractivity contribution in [1.82, 2.24) is 5.32 Å². The molecule has 0 fully saturated rings. The minimum absolute atomic E-state index is 0.117. The van der Waals surface area contributed by atoms with E-state index in [-0.39, 0.29) is 22.8 Å². The summed E-state index contributed by atoms with van der Waals surface area (Å²) in [6.07, 6.45) is 0. The van der Waals surface area contributed by atoms with E-state index >= 15 is 0 Å². The molecule has 0 saturated heterocycles. The second-order valence-corrected chi connectivity index (χ2v) is 5.04. The van der Waals surface area contributed by atoms with Crippen molar-refractivity contribution in [3.63, 3.8) is 0 Å². The minimum Gasteiger partial charge on any atom is -0.398 e. The molecule has 18 heavy (non-hydrogen) atoms. The molecule has 5 N–H and O–H groups in total. The zero-order chi connectivity index (χ0) is 13.9. The van der Waals surface area contributed by atoms with Crippen molar-refractivity contribution in [2.45, 2.75) is 13.8 Å². The molecule has 0 aliphatic rings. The van der Waals surface area contributed by atoms with E-state index in [1.165, 1.54) is 0 Å². The van der Waals surface area contributed by atoms with Gasteiger partial charge in [-0.2, -0.15) is 0 Å². The van der Waals surface area contributed by atoms with Gasteiger partial charge in [0, 0.05) is 12.2 Å². The van der Waals surface area contributed by atoms with Crippen LogP contribution in [0, 0.1) is 5.41 Å². The molecule has 98 valence electrons. The summed E-state index contributed by atoms with van der Waals surface area (Å²) >= 11 is 5.90. The Morgan fingerprint density at radius 3 is 2.50 bits per heavy atom. The number of carbonyl (C=O) groups is 2. The van der Waals surface area contributed by atoms with Crippen LogP contribution in [-0.2, 0) is 4.79 Å². The molecule has 0 bridgehead atoms. The Balaban J connectivity index is 2.82. The number of rotatable bonds is 4. The first-order chi connectivity index (χ1) is 8.25. The van der Waals surface area contributed by atoms with Crippen LogP contribution in [0.1, 0.15) is 24.2 Å². The summed E-state index contributed by atoms with van der Waals surface area (Å²) in [5, 5.41) is 2.87. The number of nitrogen functional groups attached to an aromatic ring is 1.